The molecule has 1 aromatic carbocycles. The predicted molar refractivity (Wildman–Crippen MR) is 119 cm³/mol. The van der Waals surface area contributed by atoms with Gasteiger partial charge >= 0.3 is 0 Å². The number of hydrogen-bond acceptors (Lipinski definition) is 7. The highest BCUT2D eigenvalue weighted by Gasteiger charge is 2.20. The standard InChI is InChI=1S/C23H25N5O4/c1-31-21-8-7-17(15-24-21)22(30)26-19(16-5-3-2-4-6-16)13-18-14-20(29)27-23(25-18)28-9-11-32-12-10-28/h2-8,14-15,19H,9-13H2,1H3,(H,26,30)(H,25,27,29)/t19-/m0/s1. The first-order valence-electron chi connectivity index (χ1n) is 10.4. The van der Waals surface area contributed by atoms with Crippen LogP contribution in [0.15, 0.2) is 59.5 Å². The van der Waals surface area contributed by atoms with E-state index in [0.717, 1.165) is 5.56 Å². The molecule has 1 saturated heterocycles. The Hall–Kier alpha value is -3.72. The first kappa shape index (κ1) is 21.5. The van der Waals surface area contributed by atoms with Crippen LogP contribution in [-0.2, 0) is 11.2 Å². The Morgan fingerprint density at radius 3 is 2.69 bits per heavy atom. The van der Waals surface area contributed by atoms with Crippen LogP contribution in [0, 0.1) is 0 Å². The Kier molecular flexibility index (Phi) is 6.76. The van der Waals surface area contributed by atoms with Crippen molar-refractivity contribution in [2.24, 2.45) is 0 Å². The summed E-state index contributed by atoms with van der Waals surface area (Å²) in [5.74, 6) is 0.685. The van der Waals surface area contributed by atoms with Gasteiger partial charge in [-0.05, 0) is 11.6 Å². The van der Waals surface area contributed by atoms with Crippen LogP contribution in [0.4, 0.5) is 5.95 Å². The Bertz CT molecular complexity index is 1100. The number of H-pyrrole nitrogens is 1. The van der Waals surface area contributed by atoms with E-state index in [0.29, 0.717) is 55.8 Å². The number of methoxy groups -OCH3 is 1. The van der Waals surface area contributed by atoms with E-state index in [9.17, 15) is 9.59 Å². The monoisotopic (exact) mass is 435 g/mol. The van der Waals surface area contributed by atoms with Crippen molar-refractivity contribution in [3.8, 4) is 5.88 Å². The Morgan fingerprint density at radius 1 is 1.22 bits per heavy atom. The number of hydrogen-bond donors (Lipinski definition) is 2. The number of benzene rings is 1. The molecule has 1 amide bonds. The number of ether oxygens (including phenoxy) is 2. The van der Waals surface area contributed by atoms with Gasteiger partial charge in [0.25, 0.3) is 11.5 Å². The lowest BCUT2D eigenvalue weighted by molar-refractivity contribution is 0.0936. The lowest BCUT2D eigenvalue weighted by Gasteiger charge is -2.27. The van der Waals surface area contributed by atoms with Gasteiger partial charge in [0.15, 0.2) is 0 Å². The zero-order valence-electron chi connectivity index (χ0n) is 17.8. The minimum Gasteiger partial charge on any atom is -0.481 e. The van der Waals surface area contributed by atoms with Gasteiger partial charge in [-0.1, -0.05) is 30.3 Å². The Balaban J connectivity index is 1.58. The van der Waals surface area contributed by atoms with Gasteiger partial charge in [-0.25, -0.2) is 9.97 Å². The third-order valence-electron chi connectivity index (χ3n) is 5.22. The molecule has 9 heteroatoms. The first-order valence-corrected chi connectivity index (χ1v) is 10.4. The number of nitrogens with one attached hydrogen (secondary N) is 2. The van der Waals surface area contributed by atoms with E-state index in [1.165, 1.54) is 19.4 Å². The third kappa shape index (κ3) is 5.30. The van der Waals surface area contributed by atoms with Crippen molar-refractivity contribution < 1.29 is 14.3 Å². The molecule has 1 fully saturated rings. The van der Waals surface area contributed by atoms with Gasteiger partial charge in [-0.2, -0.15) is 0 Å². The maximum atomic E-state index is 12.9. The SMILES string of the molecule is COc1ccc(C(=O)N[C@@H](Cc2cc(=O)[nH]c(N3CCOCC3)n2)c2ccccc2)cn1. The van der Waals surface area contributed by atoms with E-state index in [-0.39, 0.29) is 17.5 Å². The van der Waals surface area contributed by atoms with Crippen LogP contribution < -0.4 is 20.5 Å². The Labute approximate surface area is 185 Å². The largest absolute Gasteiger partial charge is 0.481 e. The van der Waals surface area contributed by atoms with E-state index < -0.39 is 0 Å². The molecule has 0 bridgehead atoms. The number of pyridine rings is 1. The normalized spacial score (nSPS) is 14.6. The van der Waals surface area contributed by atoms with Gasteiger partial charge in [0.2, 0.25) is 11.8 Å². The molecule has 3 aromatic rings. The molecule has 1 aliphatic rings. The topological polar surface area (TPSA) is 109 Å². The predicted octanol–water partition coefficient (Wildman–Crippen LogP) is 1.72. The van der Waals surface area contributed by atoms with E-state index in [1.807, 2.05) is 35.2 Å². The van der Waals surface area contributed by atoms with Crippen LogP contribution in [0.3, 0.4) is 0 Å². The molecule has 166 valence electrons. The highest BCUT2D eigenvalue weighted by Crippen LogP contribution is 2.19. The summed E-state index contributed by atoms with van der Waals surface area (Å²) >= 11 is 0. The molecule has 1 atom stereocenters. The quantitative estimate of drug-likeness (QED) is 0.582. The third-order valence-corrected chi connectivity index (χ3v) is 5.22. The number of aromatic nitrogens is 3. The fourth-order valence-electron chi connectivity index (χ4n) is 3.55. The van der Waals surface area contributed by atoms with Crippen molar-refractivity contribution >= 4 is 11.9 Å². The van der Waals surface area contributed by atoms with Crippen molar-refractivity contribution in [3.63, 3.8) is 0 Å². The summed E-state index contributed by atoms with van der Waals surface area (Å²) in [7, 11) is 1.52. The molecule has 0 radical (unpaired) electrons. The second-order valence-corrected chi connectivity index (χ2v) is 7.39. The highest BCUT2D eigenvalue weighted by molar-refractivity contribution is 5.94. The highest BCUT2D eigenvalue weighted by atomic mass is 16.5. The lowest BCUT2D eigenvalue weighted by atomic mass is 10.0. The number of nitrogens with zero attached hydrogens (tertiary/aromatic N) is 3. The lowest BCUT2D eigenvalue weighted by Crippen LogP contribution is -2.38. The van der Waals surface area contributed by atoms with Crippen LogP contribution in [0.5, 0.6) is 5.88 Å². The molecular weight excluding hydrogens is 410 g/mol. The summed E-state index contributed by atoms with van der Waals surface area (Å²) in [5.41, 5.74) is 1.70. The number of carbonyl (C=O) groups excluding carboxylic acids is 1. The average molecular weight is 435 g/mol. The zero-order valence-corrected chi connectivity index (χ0v) is 17.8. The van der Waals surface area contributed by atoms with Gasteiger partial charge in [-0.3, -0.25) is 14.6 Å². The average Bonchev–Trinajstić information content (AvgIpc) is 2.84. The minimum atomic E-state index is -0.377. The maximum Gasteiger partial charge on any atom is 0.253 e. The van der Waals surface area contributed by atoms with Crippen molar-refractivity contribution in [2.75, 3.05) is 38.3 Å². The second kappa shape index (κ2) is 10.1. The van der Waals surface area contributed by atoms with Gasteiger partial charge < -0.3 is 19.7 Å². The minimum absolute atomic E-state index is 0.228. The summed E-state index contributed by atoms with van der Waals surface area (Å²) in [6.45, 7) is 2.50. The van der Waals surface area contributed by atoms with E-state index >= 15 is 0 Å². The molecule has 9 nitrogen and oxygen atoms in total. The number of amides is 1. The molecule has 2 aromatic heterocycles. The fourth-order valence-corrected chi connectivity index (χ4v) is 3.55. The molecule has 0 aliphatic carbocycles. The molecule has 1 aliphatic heterocycles. The van der Waals surface area contributed by atoms with Gasteiger partial charge in [-0.15, -0.1) is 0 Å². The molecule has 0 spiro atoms. The molecule has 32 heavy (non-hydrogen) atoms. The smallest absolute Gasteiger partial charge is 0.253 e. The van der Waals surface area contributed by atoms with Crippen molar-refractivity contribution in [1.82, 2.24) is 20.3 Å². The molecule has 2 N–H and O–H groups in total. The molecule has 4 rings (SSSR count). The van der Waals surface area contributed by atoms with Crippen LogP contribution in [0.2, 0.25) is 0 Å². The first-order chi connectivity index (χ1) is 15.6. The van der Waals surface area contributed by atoms with Crippen LogP contribution >= 0.6 is 0 Å². The van der Waals surface area contributed by atoms with Crippen LogP contribution in [0.25, 0.3) is 0 Å². The van der Waals surface area contributed by atoms with Crippen molar-refractivity contribution in [2.45, 2.75) is 12.5 Å². The van der Waals surface area contributed by atoms with E-state index in [4.69, 9.17) is 9.47 Å². The Morgan fingerprint density at radius 2 is 2.00 bits per heavy atom. The summed E-state index contributed by atoms with van der Waals surface area (Å²) in [6, 6.07) is 14.0. The molecular formula is C23H25N5O4. The van der Waals surface area contributed by atoms with Crippen molar-refractivity contribution in [1.29, 1.82) is 0 Å². The zero-order chi connectivity index (χ0) is 22.3. The number of aromatic amines is 1. The second-order valence-electron chi connectivity index (χ2n) is 7.39. The van der Waals surface area contributed by atoms with Crippen molar-refractivity contribution in [3.05, 3.63) is 81.9 Å². The summed E-state index contributed by atoms with van der Waals surface area (Å²) in [6.07, 6.45) is 1.83. The summed E-state index contributed by atoms with van der Waals surface area (Å²) < 4.78 is 10.4. The van der Waals surface area contributed by atoms with E-state index in [1.54, 1.807) is 12.1 Å². The molecule has 0 unspecified atom stereocenters. The fraction of sp³-hybridized carbons (Fsp3) is 0.304. The molecule has 3 heterocycles. The maximum absolute atomic E-state index is 12.9. The van der Waals surface area contributed by atoms with E-state index in [2.05, 4.69) is 20.3 Å². The summed E-state index contributed by atoms with van der Waals surface area (Å²) in [5, 5.41) is 3.05. The van der Waals surface area contributed by atoms with Crippen LogP contribution in [0.1, 0.15) is 27.7 Å². The van der Waals surface area contributed by atoms with Gasteiger partial charge in [0.05, 0.1) is 37.6 Å². The summed E-state index contributed by atoms with van der Waals surface area (Å²) in [4.78, 5) is 38.8. The number of rotatable bonds is 7. The number of morpholine rings is 1. The number of anilines is 1. The molecule has 0 saturated carbocycles. The van der Waals surface area contributed by atoms with Gasteiger partial charge in [0.1, 0.15) is 0 Å². The number of carbonyl (C=O) groups is 1. The van der Waals surface area contributed by atoms with Gasteiger partial charge in [0, 0.05) is 37.8 Å². The van der Waals surface area contributed by atoms with Crippen LogP contribution in [-0.4, -0.2) is 54.3 Å².